The third kappa shape index (κ3) is 6.87. The van der Waals surface area contributed by atoms with Crippen molar-refractivity contribution in [2.45, 2.75) is 19.3 Å². The molecule has 0 bridgehead atoms. The molecule has 1 N–H and O–H groups in total. The van der Waals surface area contributed by atoms with Crippen molar-refractivity contribution < 1.29 is 22.7 Å². The Bertz CT molecular complexity index is 1090. The van der Waals surface area contributed by atoms with Crippen LogP contribution < -0.4 is 5.32 Å². The van der Waals surface area contributed by atoms with Crippen LogP contribution in [0.5, 0.6) is 0 Å². The molecule has 1 aromatic heterocycles. The highest BCUT2D eigenvalue weighted by atomic mass is 35.5. The van der Waals surface area contributed by atoms with E-state index in [0.29, 0.717) is 22.2 Å². The van der Waals surface area contributed by atoms with Crippen LogP contribution in [-0.2, 0) is 17.9 Å². The summed E-state index contributed by atoms with van der Waals surface area (Å²) in [6.45, 7) is -1.30. The van der Waals surface area contributed by atoms with Crippen molar-refractivity contribution in [2.24, 2.45) is 0 Å². The van der Waals surface area contributed by atoms with E-state index in [1.165, 1.54) is 16.8 Å². The van der Waals surface area contributed by atoms with Crippen LogP contribution in [0, 0.1) is 0 Å². The van der Waals surface area contributed by atoms with Gasteiger partial charge in [-0.1, -0.05) is 53.0 Å². The second-order valence-corrected chi connectivity index (χ2v) is 7.76. The Morgan fingerprint density at radius 2 is 1.81 bits per heavy atom. The first kappa shape index (κ1) is 23.4. The molecule has 1 amide bonds. The van der Waals surface area contributed by atoms with Gasteiger partial charge in [-0.25, -0.2) is 0 Å². The minimum absolute atomic E-state index is 0.144. The van der Waals surface area contributed by atoms with Gasteiger partial charge in [0.1, 0.15) is 11.6 Å². The van der Waals surface area contributed by atoms with Crippen LogP contribution in [0.1, 0.15) is 21.5 Å². The Kier molecular flexibility index (Phi) is 7.48. The first-order chi connectivity index (χ1) is 14.6. The van der Waals surface area contributed by atoms with E-state index in [1.54, 1.807) is 36.5 Å². The van der Waals surface area contributed by atoms with Crippen molar-refractivity contribution in [3.05, 3.63) is 80.4 Å². The Morgan fingerprint density at radius 3 is 2.52 bits per heavy atom. The van der Waals surface area contributed by atoms with Crippen LogP contribution in [0.3, 0.4) is 0 Å². The number of benzene rings is 2. The van der Waals surface area contributed by atoms with Crippen LogP contribution in [0.4, 0.5) is 19.0 Å². The van der Waals surface area contributed by atoms with Gasteiger partial charge in [-0.05, 0) is 35.4 Å². The number of ether oxygens (including phenoxy) is 1. The van der Waals surface area contributed by atoms with E-state index in [9.17, 15) is 18.0 Å². The zero-order chi connectivity index (χ0) is 22.6. The van der Waals surface area contributed by atoms with Crippen molar-refractivity contribution in [3.63, 3.8) is 0 Å². The smallest absolute Gasteiger partial charge is 0.367 e. The SMILES string of the molecule is O=C(Nc1nn(Cc2ccc(Cl)c(Cl)c2)cc1Cl)c1cccc(COCC(F)(F)F)c1. The van der Waals surface area contributed by atoms with E-state index in [1.807, 2.05) is 0 Å². The predicted octanol–water partition coefficient (Wildman–Crippen LogP) is 6.22. The molecular weight excluding hydrogens is 478 g/mol. The second-order valence-electron chi connectivity index (χ2n) is 6.53. The number of aromatic nitrogens is 2. The van der Waals surface area contributed by atoms with Crippen LogP contribution in [0.2, 0.25) is 15.1 Å². The van der Waals surface area contributed by atoms with E-state index < -0.39 is 18.7 Å². The number of carbonyl (C=O) groups is 1. The molecule has 164 valence electrons. The van der Waals surface area contributed by atoms with Gasteiger partial charge in [-0.15, -0.1) is 0 Å². The number of rotatable bonds is 7. The quantitative estimate of drug-likeness (QED) is 0.426. The Hall–Kier alpha value is -2.26. The summed E-state index contributed by atoms with van der Waals surface area (Å²) in [6, 6.07) is 11.2. The lowest BCUT2D eigenvalue weighted by atomic mass is 10.1. The fourth-order valence-corrected chi connectivity index (χ4v) is 3.17. The van der Waals surface area contributed by atoms with Crippen molar-refractivity contribution in [1.82, 2.24) is 9.78 Å². The van der Waals surface area contributed by atoms with E-state index in [4.69, 9.17) is 34.8 Å². The minimum Gasteiger partial charge on any atom is -0.367 e. The van der Waals surface area contributed by atoms with E-state index in [2.05, 4.69) is 15.2 Å². The number of amides is 1. The Labute approximate surface area is 190 Å². The molecule has 0 atom stereocenters. The number of halogens is 6. The van der Waals surface area contributed by atoms with Gasteiger partial charge in [0.15, 0.2) is 5.82 Å². The van der Waals surface area contributed by atoms with Gasteiger partial charge < -0.3 is 10.1 Å². The van der Waals surface area contributed by atoms with Gasteiger partial charge in [-0.2, -0.15) is 18.3 Å². The highest BCUT2D eigenvalue weighted by Crippen LogP contribution is 2.25. The van der Waals surface area contributed by atoms with Crippen LogP contribution >= 0.6 is 34.8 Å². The number of nitrogens with one attached hydrogen (secondary N) is 1. The Morgan fingerprint density at radius 1 is 1.03 bits per heavy atom. The monoisotopic (exact) mass is 491 g/mol. The normalized spacial score (nSPS) is 11.5. The van der Waals surface area contributed by atoms with Gasteiger partial charge in [0.25, 0.3) is 5.91 Å². The number of alkyl halides is 3. The van der Waals surface area contributed by atoms with Crippen LogP contribution in [-0.4, -0.2) is 28.5 Å². The summed E-state index contributed by atoms with van der Waals surface area (Å²) in [7, 11) is 0. The average Bonchev–Trinajstić information content (AvgIpc) is 3.02. The molecule has 0 aliphatic carbocycles. The number of hydrogen-bond donors (Lipinski definition) is 1. The maximum absolute atomic E-state index is 12.5. The molecule has 0 unspecified atom stereocenters. The number of hydrogen-bond acceptors (Lipinski definition) is 3. The maximum Gasteiger partial charge on any atom is 0.411 e. The molecule has 31 heavy (non-hydrogen) atoms. The number of nitrogens with zero attached hydrogens (tertiary/aromatic N) is 2. The second kappa shape index (κ2) is 9.91. The van der Waals surface area contributed by atoms with Crippen LogP contribution in [0.25, 0.3) is 0 Å². The molecule has 0 fully saturated rings. The first-order valence-electron chi connectivity index (χ1n) is 8.82. The summed E-state index contributed by atoms with van der Waals surface area (Å²) >= 11 is 18.1. The highest BCUT2D eigenvalue weighted by Gasteiger charge is 2.27. The standard InChI is InChI=1S/C20H15Cl3F3N3O2/c21-15-5-4-12(7-16(15)22)8-29-9-17(23)18(28-29)27-19(30)14-3-1-2-13(6-14)10-31-11-20(24,25)26/h1-7,9H,8,10-11H2,(H,27,28,30). The zero-order valence-corrected chi connectivity index (χ0v) is 18.0. The molecule has 3 aromatic rings. The molecule has 0 spiro atoms. The Balaban J connectivity index is 1.65. The first-order valence-corrected chi connectivity index (χ1v) is 9.96. The summed E-state index contributed by atoms with van der Waals surface area (Å²) < 4.78 is 42.7. The molecule has 11 heteroatoms. The summed E-state index contributed by atoms with van der Waals surface area (Å²) in [6.07, 6.45) is -2.87. The molecule has 2 aromatic carbocycles. The fraction of sp³-hybridized carbons (Fsp3) is 0.200. The largest absolute Gasteiger partial charge is 0.411 e. The van der Waals surface area contributed by atoms with Crippen molar-refractivity contribution in [3.8, 4) is 0 Å². The van der Waals surface area contributed by atoms with Gasteiger partial charge in [0.05, 0.1) is 23.2 Å². The van der Waals surface area contributed by atoms with E-state index in [-0.39, 0.29) is 23.0 Å². The molecule has 0 radical (unpaired) electrons. The van der Waals surface area contributed by atoms with Crippen LogP contribution in [0.15, 0.2) is 48.7 Å². The minimum atomic E-state index is -4.41. The summed E-state index contributed by atoms with van der Waals surface area (Å²) in [4.78, 5) is 12.5. The number of carbonyl (C=O) groups excluding carboxylic acids is 1. The highest BCUT2D eigenvalue weighted by molar-refractivity contribution is 6.42. The summed E-state index contributed by atoms with van der Waals surface area (Å²) in [5, 5.41) is 7.90. The van der Waals surface area contributed by atoms with E-state index in [0.717, 1.165) is 5.56 Å². The molecule has 1 heterocycles. The molecule has 0 saturated carbocycles. The third-order valence-corrected chi connectivity index (χ3v) is 5.02. The van der Waals surface area contributed by atoms with E-state index >= 15 is 0 Å². The van der Waals surface area contributed by atoms with Crippen molar-refractivity contribution >= 4 is 46.5 Å². The van der Waals surface area contributed by atoms with Gasteiger partial charge in [0, 0.05) is 11.8 Å². The topological polar surface area (TPSA) is 56.2 Å². The summed E-state index contributed by atoms with van der Waals surface area (Å²) in [5.41, 5.74) is 1.48. The molecule has 0 saturated heterocycles. The molecular formula is C20H15Cl3F3N3O2. The average molecular weight is 493 g/mol. The lowest BCUT2D eigenvalue weighted by Gasteiger charge is -2.09. The van der Waals surface area contributed by atoms with Crippen molar-refractivity contribution in [2.75, 3.05) is 11.9 Å². The summed E-state index contributed by atoms with van der Waals surface area (Å²) in [5.74, 6) is -0.371. The molecule has 5 nitrogen and oxygen atoms in total. The van der Waals surface area contributed by atoms with Gasteiger partial charge in [0.2, 0.25) is 0 Å². The zero-order valence-electron chi connectivity index (χ0n) is 15.7. The lowest BCUT2D eigenvalue weighted by molar-refractivity contribution is -0.176. The van der Waals surface area contributed by atoms with Crippen molar-refractivity contribution in [1.29, 1.82) is 0 Å². The van der Waals surface area contributed by atoms with Gasteiger partial charge >= 0.3 is 6.18 Å². The van der Waals surface area contributed by atoms with Gasteiger partial charge in [-0.3, -0.25) is 9.48 Å². The molecule has 3 rings (SSSR count). The molecule has 0 aliphatic rings. The lowest BCUT2D eigenvalue weighted by Crippen LogP contribution is -2.17. The number of anilines is 1. The fourth-order valence-electron chi connectivity index (χ4n) is 2.65. The molecule has 0 aliphatic heterocycles. The predicted molar refractivity (Wildman–Crippen MR) is 113 cm³/mol. The third-order valence-electron chi connectivity index (χ3n) is 4.00. The maximum atomic E-state index is 12.5.